The fourth-order valence-corrected chi connectivity index (χ4v) is 3.78. The van der Waals surface area contributed by atoms with E-state index in [9.17, 15) is 0 Å². The zero-order valence-electron chi connectivity index (χ0n) is 19.8. The van der Waals surface area contributed by atoms with Crippen LogP contribution in [0.4, 0.5) is 28.8 Å². The molecule has 168 valence electrons. The molecule has 1 saturated heterocycles. The lowest BCUT2D eigenvalue weighted by Crippen LogP contribution is -2.44. The molecule has 0 radical (unpaired) electrons. The minimum absolute atomic E-state index is 0.0986. The minimum atomic E-state index is 0.0986. The number of hydrogen-bond donors (Lipinski definition) is 2. The first-order valence-electron chi connectivity index (χ1n) is 11.3. The first kappa shape index (κ1) is 22.1. The maximum Gasteiger partial charge on any atom is 0.229 e. The van der Waals surface area contributed by atoms with Crippen LogP contribution in [0.5, 0.6) is 0 Å². The van der Waals surface area contributed by atoms with E-state index in [-0.39, 0.29) is 5.41 Å². The quantitative estimate of drug-likeness (QED) is 0.571. The molecule has 0 atom stereocenters. The van der Waals surface area contributed by atoms with Crippen molar-refractivity contribution in [1.29, 1.82) is 0 Å². The standard InChI is InChI=1S/C26H34N6/c1-19-18-27-25(30-24(19)28-22-8-6-7-20(17-22)26(2,3)4)29-21-9-11-23(12-10-21)32-15-13-31(5)14-16-32/h6-12,17-18H,13-16H2,1-5H3,(H2,27,28,29,30). The maximum atomic E-state index is 4.73. The second-order valence-electron chi connectivity index (χ2n) is 9.64. The van der Waals surface area contributed by atoms with E-state index in [2.05, 4.69) is 102 Å². The lowest BCUT2D eigenvalue weighted by molar-refractivity contribution is 0.313. The first-order chi connectivity index (χ1) is 15.3. The maximum absolute atomic E-state index is 4.73. The summed E-state index contributed by atoms with van der Waals surface area (Å²) in [5, 5.41) is 6.81. The lowest BCUT2D eigenvalue weighted by Gasteiger charge is -2.34. The number of likely N-dealkylation sites (N-methyl/N-ethyl adjacent to an activating group) is 1. The molecule has 32 heavy (non-hydrogen) atoms. The zero-order valence-corrected chi connectivity index (χ0v) is 19.8. The van der Waals surface area contributed by atoms with Crippen LogP contribution >= 0.6 is 0 Å². The Morgan fingerprint density at radius 1 is 0.875 bits per heavy atom. The van der Waals surface area contributed by atoms with Gasteiger partial charge in [0.05, 0.1) is 0 Å². The van der Waals surface area contributed by atoms with Gasteiger partial charge in [-0.2, -0.15) is 4.98 Å². The Hall–Kier alpha value is -3.12. The molecule has 1 fully saturated rings. The molecule has 6 heteroatoms. The number of anilines is 5. The summed E-state index contributed by atoms with van der Waals surface area (Å²) in [6.07, 6.45) is 1.85. The Morgan fingerprint density at radius 2 is 1.59 bits per heavy atom. The van der Waals surface area contributed by atoms with Gasteiger partial charge in [-0.25, -0.2) is 4.98 Å². The molecule has 0 saturated carbocycles. The minimum Gasteiger partial charge on any atom is -0.369 e. The predicted octanol–water partition coefficient (Wildman–Crippen LogP) is 5.32. The van der Waals surface area contributed by atoms with Crippen molar-refractivity contribution in [3.63, 3.8) is 0 Å². The van der Waals surface area contributed by atoms with Crippen LogP contribution in [0.15, 0.2) is 54.7 Å². The number of piperazine rings is 1. The highest BCUT2D eigenvalue weighted by molar-refractivity contribution is 5.64. The molecule has 0 bridgehead atoms. The Labute approximate surface area is 191 Å². The monoisotopic (exact) mass is 430 g/mol. The van der Waals surface area contributed by atoms with Gasteiger partial charge in [0.1, 0.15) is 5.82 Å². The molecule has 2 N–H and O–H groups in total. The molecule has 0 spiro atoms. The average Bonchev–Trinajstić information content (AvgIpc) is 2.77. The van der Waals surface area contributed by atoms with Crippen LogP contribution in [0.2, 0.25) is 0 Å². The van der Waals surface area contributed by atoms with Crippen LogP contribution in [-0.2, 0) is 5.41 Å². The molecular formula is C26H34N6. The molecule has 1 aliphatic heterocycles. The number of hydrogen-bond acceptors (Lipinski definition) is 6. The molecule has 1 aliphatic rings. The van der Waals surface area contributed by atoms with Crippen LogP contribution < -0.4 is 15.5 Å². The summed E-state index contributed by atoms with van der Waals surface area (Å²) in [5.41, 5.74) is 5.65. The fraction of sp³-hybridized carbons (Fsp3) is 0.385. The van der Waals surface area contributed by atoms with E-state index >= 15 is 0 Å². The summed E-state index contributed by atoms with van der Waals surface area (Å²) in [6, 6.07) is 17.0. The Balaban J connectivity index is 1.46. The molecule has 0 amide bonds. The third-order valence-electron chi connectivity index (χ3n) is 5.95. The topological polar surface area (TPSA) is 56.3 Å². The number of nitrogens with one attached hydrogen (secondary N) is 2. The third kappa shape index (κ3) is 5.37. The van der Waals surface area contributed by atoms with Gasteiger partial charge in [-0.1, -0.05) is 32.9 Å². The van der Waals surface area contributed by atoms with E-state index < -0.39 is 0 Å². The zero-order chi connectivity index (χ0) is 22.7. The van der Waals surface area contributed by atoms with E-state index in [0.29, 0.717) is 5.95 Å². The summed E-state index contributed by atoms with van der Waals surface area (Å²) in [6.45, 7) is 13.0. The van der Waals surface area contributed by atoms with Crippen molar-refractivity contribution in [2.75, 3.05) is 48.8 Å². The van der Waals surface area contributed by atoms with Crippen molar-refractivity contribution in [1.82, 2.24) is 14.9 Å². The average molecular weight is 431 g/mol. The summed E-state index contributed by atoms with van der Waals surface area (Å²) in [5.74, 6) is 1.39. The van der Waals surface area contributed by atoms with Crippen molar-refractivity contribution in [2.45, 2.75) is 33.1 Å². The highest BCUT2D eigenvalue weighted by atomic mass is 15.2. The SMILES string of the molecule is Cc1cnc(Nc2ccc(N3CCN(C)CC3)cc2)nc1Nc1cccc(C(C)(C)C)c1. The molecule has 2 aromatic carbocycles. The van der Waals surface area contributed by atoms with E-state index in [1.165, 1.54) is 11.3 Å². The van der Waals surface area contributed by atoms with Crippen LogP contribution in [0.25, 0.3) is 0 Å². The Morgan fingerprint density at radius 3 is 2.28 bits per heavy atom. The van der Waals surface area contributed by atoms with E-state index in [4.69, 9.17) is 4.98 Å². The van der Waals surface area contributed by atoms with Gasteiger partial charge in [0.2, 0.25) is 5.95 Å². The van der Waals surface area contributed by atoms with Crippen LogP contribution in [0.3, 0.4) is 0 Å². The number of benzene rings is 2. The highest BCUT2D eigenvalue weighted by Gasteiger charge is 2.15. The van der Waals surface area contributed by atoms with Gasteiger partial charge in [0, 0.05) is 55.0 Å². The largest absolute Gasteiger partial charge is 0.369 e. The van der Waals surface area contributed by atoms with Gasteiger partial charge in [-0.05, 0) is 61.3 Å². The highest BCUT2D eigenvalue weighted by Crippen LogP contribution is 2.27. The lowest BCUT2D eigenvalue weighted by atomic mass is 9.87. The summed E-state index contributed by atoms with van der Waals surface area (Å²) in [4.78, 5) is 14.0. The smallest absolute Gasteiger partial charge is 0.229 e. The van der Waals surface area contributed by atoms with E-state index in [1.54, 1.807) is 0 Å². The molecule has 4 rings (SSSR count). The van der Waals surface area contributed by atoms with Gasteiger partial charge >= 0.3 is 0 Å². The summed E-state index contributed by atoms with van der Waals surface area (Å²) in [7, 11) is 2.18. The van der Waals surface area contributed by atoms with Crippen molar-refractivity contribution in [3.05, 3.63) is 65.9 Å². The number of rotatable bonds is 5. The van der Waals surface area contributed by atoms with Gasteiger partial charge < -0.3 is 20.4 Å². The van der Waals surface area contributed by atoms with Gasteiger partial charge in [-0.3, -0.25) is 0 Å². The van der Waals surface area contributed by atoms with Crippen LogP contribution in [0, 0.1) is 6.92 Å². The second-order valence-corrected chi connectivity index (χ2v) is 9.64. The molecule has 0 aliphatic carbocycles. The van der Waals surface area contributed by atoms with E-state index in [0.717, 1.165) is 48.9 Å². The first-order valence-corrected chi connectivity index (χ1v) is 11.3. The number of nitrogens with zero attached hydrogens (tertiary/aromatic N) is 4. The van der Waals surface area contributed by atoms with Gasteiger partial charge in [-0.15, -0.1) is 0 Å². The molecule has 1 aromatic heterocycles. The normalized spacial score (nSPS) is 15.0. The van der Waals surface area contributed by atoms with Crippen molar-refractivity contribution in [2.24, 2.45) is 0 Å². The van der Waals surface area contributed by atoms with Gasteiger partial charge in [0.25, 0.3) is 0 Å². The van der Waals surface area contributed by atoms with Gasteiger partial charge in [0.15, 0.2) is 0 Å². The van der Waals surface area contributed by atoms with Crippen LogP contribution in [-0.4, -0.2) is 48.1 Å². The van der Waals surface area contributed by atoms with Crippen LogP contribution in [0.1, 0.15) is 31.9 Å². The summed E-state index contributed by atoms with van der Waals surface area (Å²) >= 11 is 0. The molecule has 0 unspecified atom stereocenters. The third-order valence-corrected chi connectivity index (χ3v) is 5.95. The Bertz CT molecular complexity index is 1050. The molecular weight excluding hydrogens is 396 g/mol. The fourth-order valence-electron chi connectivity index (χ4n) is 3.78. The molecule has 6 nitrogen and oxygen atoms in total. The predicted molar refractivity (Wildman–Crippen MR) is 135 cm³/mol. The number of aromatic nitrogens is 2. The van der Waals surface area contributed by atoms with Crippen molar-refractivity contribution in [3.8, 4) is 0 Å². The van der Waals surface area contributed by atoms with Crippen molar-refractivity contribution < 1.29 is 0 Å². The summed E-state index contributed by atoms with van der Waals surface area (Å²) < 4.78 is 0. The van der Waals surface area contributed by atoms with E-state index in [1.807, 2.05) is 13.1 Å². The molecule has 3 aromatic rings. The second kappa shape index (κ2) is 9.17. The van der Waals surface area contributed by atoms with Crippen molar-refractivity contribution >= 4 is 28.8 Å². The Kier molecular flexibility index (Phi) is 6.33. The number of aryl methyl sites for hydroxylation is 1. The molecule has 2 heterocycles.